The van der Waals surface area contributed by atoms with Crippen molar-refractivity contribution in [3.63, 3.8) is 0 Å². The molecular formula is C21H28ClN5O3. The topological polar surface area (TPSA) is 79.7 Å². The van der Waals surface area contributed by atoms with Gasteiger partial charge in [-0.3, -0.25) is 14.5 Å². The summed E-state index contributed by atoms with van der Waals surface area (Å²) in [6.45, 7) is 6.00. The second-order valence-corrected chi connectivity index (χ2v) is 7.66. The molecule has 1 N–H and O–H groups in total. The number of aromatic nitrogens is 2. The molecule has 0 bridgehead atoms. The maximum atomic E-state index is 13.1. The first-order valence-corrected chi connectivity index (χ1v) is 10.4. The van der Waals surface area contributed by atoms with Crippen molar-refractivity contribution in [2.75, 3.05) is 53.0 Å². The highest BCUT2D eigenvalue weighted by Gasteiger charge is 2.28. The third-order valence-electron chi connectivity index (χ3n) is 5.11. The summed E-state index contributed by atoms with van der Waals surface area (Å²) in [5.74, 6) is -0.145. The Morgan fingerprint density at radius 2 is 1.87 bits per heavy atom. The average Bonchev–Trinajstić information content (AvgIpc) is 3.02. The van der Waals surface area contributed by atoms with Gasteiger partial charge in [0.2, 0.25) is 5.91 Å². The molecule has 1 fully saturated rings. The van der Waals surface area contributed by atoms with Gasteiger partial charge in [-0.05, 0) is 12.5 Å². The summed E-state index contributed by atoms with van der Waals surface area (Å²) in [4.78, 5) is 28.9. The molecule has 0 radical (unpaired) electrons. The lowest BCUT2D eigenvalue weighted by Crippen LogP contribution is -2.51. The lowest BCUT2D eigenvalue weighted by atomic mass is 10.2. The molecule has 0 unspecified atom stereocenters. The van der Waals surface area contributed by atoms with Crippen LogP contribution < -0.4 is 5.32 Å². The third-order valence-corrected chi connectivity index (χ3v) is 5.49. The van der Waals surface area contributed by atoms with Gasteiger partial charge in [-0.25, -0.2) is 4.68 Å². The van der Waals surface area contributed by atoms with E-state index in [1.807, 2.05) is 35.2 Å². The number of halogens is 1. The zero-order chi connectivity index (χ0) is 21.5. The Morgan fingerprint density at radius 3 is 2.53 bits per heavy atom. The van der Waals surface area contributed by atoms with E-state index in [4.69, 9.17) is 16.3 Å². The van der Waals surface area contributed by atoms with Crippen LogP contribution >= 0.6 is 11.6 Å². The van der Waals surface area contributed by atoms with E-state index in [9.17, 15) is 9.59 Å². The molecule has 0 atom stereocenters. The lowest BCUT2D eigenvalue weighted by Gasteiger charge is -2.34. The molecule has 0 saturated carbocycles. The largest absolute Gasteiger partial charge is 0.383 e. The van der Waals surface area contributed by atoms with Crippen LogP contribution in [0.5, 0.6) is 0 Å². The van der Waals surface area contributed by atoms with Gasteiger partial charge in [0.1, 0.15) is 5.15 Å². The summed E-state index contributed by atoms with van der Waals surface area (Å²) in [7, 11) is 1.60. The van der Waals surface area contributed by atoms with Crippen LogP contribution in [0.25, 0.3) is 0 Å². The van der Waals surface area contributed by atoms with Crippen LogP contribution in [0, 0.1) is 6.92 Å². The number of methoxy groups -OCH3 is 1. The number of benzene rings is 1. The first-order valence-electron chi connectivity index (χ1n) is 10.0. The van der Waals surface area contributed by atoms with Gasteiger partial charge in [-0.1, -0.05) is 41.9 Å². The van der Waals surface area contributed by atoms with E-state index < -0.39 is 0 Å². The first-order chi connectivity index (χ1) is 14.5. The summed E-state index contributed by atoms with van der Waals surface area (Å²) >= 11 is 6.53. The summed E-state index contributed by atoms with van der Waals surface area (Å²) in [5, 5.41) is 7.65. The number of carbonyl (C=O) groups is 2. The summed E-state index contributed by atoms with van der Waals surface area (Å²) < 4.78 is 6.60. The number of amides is 2. The number of piperazine rings is 1. The molecule has 1 saturated heterocycles. The summed E-state index contributed by atoms with van der Waals surface area (Å²) in [6.07, 6.45) is 0. The van der Waals surface area contributed by atoms with E-state index in [0.29, 0.717) is 68.8 Å². The maximum absolute atomic E-state index is 13.1. The quantitative estimate of drug-likeness (QED) is 0.637. The van der Waals surface area contributed by atoms with Crippen molar-refractivity contribution < 1.29 is 14.3 Å². The van der Waals surface area contributed by atoms with Gasteiger partial charge in [0.05, 0.1) is 31.0 Å². The zero-order valence-electron chi connectivity index (χ0n) is 17.4. The van der Waals surface area contributed by atoms with Crippen LogP contribution in [-0.4, -0.2) is 84.4 Å². The van der Waals surface area contributed by atoms with Gasteiger partial charge < -0.3 is 15.0 Å². The Bertz CT molecular complexity index is 863. The normalized spacial score (nSPS) is 14.7. The van der Waals surface area contributed by atoms with Crippen LogP contribution in [0.1, 0.15) is 21.6 Å². The number of rotatable bonds is 8. The Morgan fingerprint density at radius 1 is 1.17 bits per heavy atom. The van der Waals surface area contributed by atoms with Crippen LogP contribution in [0.4, 0.5) is 0 Å². The fourth-order valence-electron chi connectivity index (χ4n) is 3.48. The van der Waals surface area contributed by atoms with E-state index in [1.54, 1.807) is 23.6 Å². The van der Waals surface area contributed by atoms with Gasteiger partial charge in [-0.15, -0.1) is 0 Å². The highest BCUT2D eigenvalue weighted by atomic mass is 35.5. The molecule has 8 nitrogen and oxygen atoms in total. The molecule has 2 heterocycles. The van der Waals surface area contributed by atoms with Crippen LogP contribution in [-0.2, 0) is 16.1 Å². The smallest absolute Gasteiger partial charge is 0.258 e. The molecule has 1 aromatic heterocycles. The number of aryl methyl sites for hydroxylation is 1. The van der Waals surface area contributed by atoms with Crippen molar-refractivity contribution in [3.05, 3.63) is 52.3 Å². The van der Waals surface area contributed by atoms with E-state index in [2.05, 4.69) is 10.4 Å². The molecule has 0 spiro atoms. The Balaban J connectivity index is 1.57. The van der Waals surface area contributed by atoms with E-state index in [-0.39, 0.29) is 11.8 Å². The second kappa shape index (κ2) is 10.6. The summed E-state index contributed by atoms with van der Waals surface area (Å²) in [6, 6.07) is 9.88. The molecule has 1 aliphatic rings. The molecule has 1 aliphatic heterocycles. The van der Waals surface area contributed by atoms with Crippen LogP contribution in [0.15, 0.2) is 30.3 Å². The lowest BCUT2D eigenvalue weighted by molar-refractivity contribution is -0.122. The van der Waals surface area contributed by atoms with Crippen molar-refractivity contribution in [2.45, 2.75) is 13.5 Å². The minimum Gasteiger partial charge on any atom is -0.383 e. The molecule has 1 aromatic carbocycles. The minimum atomic E-state index is -0.110. The van der Waals surface area contributed by atoms with Crippen molar-refractivity contribution in [2.24, 2.45) is 0 Å². The average molecular weight is 434 g/mol. The number of nitrogens with one attached hydrogen (secondary N) is 1. The molecule has 3 rings (SSSR count). The molecule has 0 aliphatic carbocycles. The number of ether oxygens (including phenoxy) is 1. The Labute approximate surface area is 181 Å². The van der Waals surface area contributed by atoms with Gasteiger partial charge in [-0.2, -0.15) is 5.10 Å². The van der Waals surface area contributed by atoms with E-state index in [1.165, 1.54) is 0 Å². The number of carbonyl (C=O) groups excluding carboxylic acids is 2. The van der Waals surface area contributed by atoms with Crippen LogP contribution in [0.3, 0.4) is 0 Å². The minimum absolute atomic E-state index is 0.0343. The van der Waals surface area contributed by atoms with E-state index in [0.717, 1.165) is 5.56 Å². The van der Waals surface area contributed by atoms with Crippen molar-refractivity contribution in [3.8, 4) is 0 Å². The monoisotopic (exact) mass is 433 g/mol. The molecule has 2 amide bonds. The number of hydrogen-bond acceptors (Lipinski definition) is 5. The van der Waals surface area contributed by atoms with Crippen molar-refractivity contribution >= 4 is 23.4 Å². The zero-order valence-corrected chi connectivity index (χ0v) is 18.2. The number of nitrogens with zero attached hydrogens (tertiary/aromatic N) is 4. The predicted molar refractivity (Wildman–Crippen MR) is 115 cm³/mol. The van der Waals surface area contributed by atoms with Crippen molar-refractivity contribution in [1.82, 2.24) is 24.9 Å². The molecular weight excluding hydrogens is 406 g/mol. The highest BCUT2D eigenvalue weighted by Crippen LogP contribution is 2.23. The van der Waals surface area contributed by atoms with Gasteiger partial charge in [0.25, 0.3) is 5.91 Å². The van der Waals surface area contributed by atoms with Gasteiger partial charge in [0.15, 0.2) is 0 Å². The van der Waals surface area contributed by atoms with Gasteiger partial charge >= 0.3 is 0 Å². The fourth-order valence-corrected chi connectivity index (χ4v) is 3.79. The summed E-state index contributed by atoms with van der Waals surface area (Å²) in [5.41, 5.74) is 2.15. The first kappa shape index (κ1) is 22.3. The Hall–Kier alpha value is -2.42. The molecule has 162 valence electrons. The third kappa shape index (κ3) is 5.59. The fraction of sp³-hybridized carbons (Fsp3) is 0.476. The maximum Gasteiger partial charge on any atom is 0.258 e. The number of hydrogen-bond donors (Lipinski definition) is 1. The van der Waals surface area contributed by atoms with Crippen LogP contribution in [0.2, 0.25) is 5.15 Å². The molecule has 2 aromatic rings. The van der Waals surface area contributed by atoms with Crippen molar-refractivity contribution in [1.29, 1.82) is 0 Å². The predicted octanol–water partition coefficient (Wildman–Crippen LogP) is 1.41. The molecule has 30 heavy (non-hydrogen) atoms. The molecule has 9 heteroatoms. The highest BCUT2D eigenvalue weighted by molar-refractivity contribution is 6.33. The SMILES string of the molecule is COCCNC(=O)CN1CCN(C(=O)c2c(C)nn(Cc3ccccc3)c2Cl)CC1. The Kier molecular flexibility index (Phi) is 7.84. The standard InChI is InChI=1S/C21H28ClN5O3/c1-16-19(20(22)27(24-16)14-17-6-4-3-5-7-17)21(29)26-11-9-25(10-12-26)15-18(28)23-8-13-30-2/h3-7H,8-15H2,1-2H3,(H,23,28). The van der Waals surface area contributed by atoms with Gasteiger partial charge in [0, 0.05) is 39.8 Å². The van der Waals surface area contributed by atoms with E-state index >= 15 is 0 Å². The second-order valence-electron chi connectivity index (χ2n) is 7.31.